The first kappa shape index (κ1) is 27.1. The molecule has 40 heavy (non-hydrogen) atoms. The van der Waals surface area contributed by atoms with Gasteiger partial charge in [-0.2, -0.15) is 0 Å². The fourth-order valence-corrected chi connectivity index (χ4v) is 4.96. The second-order valence-electron chi connectivity index (χ2n) is 9.79. The molecule has 0 radical (unpaired) electrons. The lowest BCUT2D eigenvalue weighted by atomic mass is 9.99. The minimum atomic E-state index is -0.469. The van der Waals surface area contributed by atoms with E-state index in [2.05, 4.69) is 20.9 Å². The van der Waals surface area contributed by atoms with Crippen molar-refractivity contribution in [2.45, 2.75) is 6.42 Å². The van der Waals surface area contributed by atoms with Crippen molar-refractivity contribution in [2.24, 2.45) is 0 Å². The van der Waals surface area contributed by atoms with Crippen LogP contribution in [0.15, 0.2) is 72.8 Å². The number of carbonyl (C=O) groups excluding carboxylic acids is 3. The van der Waals surface area contributed by atoms with Gasteiger partial charge in [0.2, 0.25) is 5.91 Å². The van der Waals surface area contributed by atoms with Gasteiger partial charge in [-0.05, 0) is 42.0 Å². The summed E-state index contributed by atoms with van der Waals surface area (Å²) < 4.78 is 4.82. The maximum absolute atomic E-state index is 13.2. The monoisotopic (exact) mass is 539 g/mol. The molecule has 3 aromatic rings. The number of amides is 2. The molecule has 0 saturated carbocycles. The fourth-order valence-electron chi connectivity index (χ4n) is 4.96. The van der Waals surface area contributed by atoms with Crippen LogP contribution < -0.4 is 20.9 Å². The molecular weight excluding hydrogens is 506 g/mol. The van der Waals surface area contributed by atoms with E-state index in [1.54, 1.807) is 30.1 Å². The molecule has 3 N–H and O–H groups in total. The third kappa shape index (κ3) is 5.90. The molecule has 0 bridgehead atoms. The number of nitrogens with one attached hydrogen (secondary N) is 3. The number of hydrogen-bond donors (Lipinski definition) is 3. The summed E-state index contributed by atoms with van der Waals surface area (Å²) in [7, 11) is 3.12. The van der Waals surface area contributed by atoms with Crippen LogP contribution in [-0.4, -0.2) is 69.6 Å². The average Bonchev–Trinajstić information content (AvgIpc) is 3.33. The molecule has 0 atom stereocenters. The molecule has 2 aliphatic heterocycles. The van der Waals surface area contributed by atoms with Crippen molar-refractivity contribution in [3.05, 3.63) is 89.5 Å². The van der Waals surface area contributed by atoms with Crippen molar-refractivity contribution >= 4 is 46.1 Å². The lowest BCUT2D eigenvalue weighted by Gasteiger charge is -2.27. The summed E-state index contributed by atoms with van der Waals surface area (Å²) in [6.45, 7) is 4.60. The summed E-state index contributed by atoms with van der Waals surface area (Å²) in [5, 5.41) is 9.64. The van der Waals surface area contributed by atoms with Gasteiger partial charge in [-0.25, -0.2) is 4.79 Å². The highest BCUT2D eigenvalue weighted by Gasteiger charge is 2.29. The fraction of sp³-hybridized carbons (Fsp3) is 0.258. The van der Waals surface area contributed by atoms with E-state index >= 15 is 0 Å². The van der Waals surface area contributed by atoms with Crippen molar-refractivity contribution in [3.63, 3.8) is 0 Å². The molecule has 0 aliphatic carbocycles. The molecule has 2 heterocycles. The minimum absolute atomic E-state index is 0.0666. The van der Waals surface area contributed by atoms with E-state index in [9.17, 15) is 14.4 Å². The quantitative estimate of drug-likeness (QED) is 0.297. The number of esters is 1. The van der Waals surface area contributed by atoms with Crippen molar-refractivity contribution in [1.29, 1.82) is 0 Å². The van der Waals surface area contributed by atoms with E-state index < -0.39 is 5.97 Å². The van der Waals surface area contributed by atoms with Gasteiger partial charge in [-0.3, -0.25) is 9.59 Å². The molecule has 0 spiro atoms. The van der Waals surface area contributed by atoms with E-state index in [-0.39, 0.29) is 11.8 Å². The van der Waals surface area contributed by atoms with Crippen molar-refractivity contribution in [2.75, 3.05) is 62.4 Å². The second-order valence-corrected chi connectivity index (χ2v) is 9.79. The van der Waals surface area contributed by atoms with E-state index in [1.807, 2.05) is 54.6 Å². The third-order valence-electron chi connectivity index (χ3n) is 7.25. The van der Waals surface area contributed by atoms with Gasteiger partial charge >= 0.3 is 5.97 Å². The number of ether oxygens (including phenoxy) is 1. The summed E-state index contributed by atoms with van der Waals surface area (Å²) in [6.07, 6.45) is 0.465. The molecule has 9 nitrogen and oxygen atoms in total. The Kier molecular flexibility index (Phi) is 8.23. The first-order valence-electron chi connectivity index (χ1n) is 13.3. The van der Waals surface area contributed by atoms with Crippen LogP contribution >= 0.6 is 0 Å². The Labute approximate surface area is 233 Å². The largest absolute Gasteiger partial charge is 0.465 e. The number of methoxy groups -OCH3 is 1. The second kappa shape index (κ2) is 12.1. The SMILES string of the molecule is COC(=O)c1ccc2c(c1)NC(=O)/C2=C(\Nc1ccc(N(C)C(=O)CCN2CCNCC2)cc1)c1ccccc1. The van der Waals surface area contributed by atoms with Gasteiger partial charge in [0.05, 0.1) is 29.6 Å². The van der Waals surface area contributed by atoms with Crippen LogP contribution in [0.3, 0.4) is 0 Å². The standard InChI is InChI=1S/C31H33N5O4/c1-35(27(37)14-17-36-18-15-32-16-19-36)24-11-9-23(10-12-24)33-29(21-6-4-3-5-7-21)28-25-13-8-22(31(39)40-2)20-26(25)34-30(28)38/h3-13,20,32-33H,14-19H2,1-2H3,(H,34,38)/b29-28-. The zero-order chi connectivity index (χ0) is 28.1. The summed E-state index contributed by atoms with van der Waals surface area (Å²) in [6, 6.07) is 22.2. The van der Waals surface area contributed by atoms with Crippen LogP contribution in [0.5, 0.6) is 0 Å². The molecule has 0 aromatic heterocycles. The summed E-state index contributed by atoms with van der Waals surface area (Å²) in [4.78, 5) is 42.0. The van der Waals surface area contributed by atoms with Gasteiger partial charge < -0.3 is 30.5 Å². The van der Waals surface area contributed by atoms with Crippen LogP contribution in [0.25, 0.3) is 11.3 Å². The number of benzene rings is 3. The minimum Gasteiger partial charge on any atom is -0.465 e. The Hall–Kier alpha value is -4.47. The number of carbonyl (C=O) groups is 3. The summed E-state index contributed by atoms with van der Waals surface area (Å²) in [5.74, 6) is -0.671. The van der Waals surface area contributed by atoms with E-state index in [4.69, 9.17) is 4.74 Å². The zero-order valence-electron chi connectivity index (χ0n) is 22.7. The van der Waals surface area contributed by atoms with Crippen LogP contribution in [0, 0.1) is 0 Å². The van der Waals surface area contributed by atoms with Gasteiger partial charge in [0, 0.05) is 63.1 Å². The number of rotatable bonds is 8. The molecule has 9 heteroatoms. The van der Waals surface area contributed by atoms with Gasteiger partial charge in [0.1, 0.15) is 0 Å². The van der Waals surface area contributed by atoms with Gasteiger partial charge in [0.25, 0.3) is 5.91 Å². The van der Waals surface area contributed by atoms with Gasteiger partial charge in [-0.15, -0.1) is 0 Å². The maximum atomic E-state index is 13.2. The molecule has 2 aliphatic rings. The number of fused-ring (bicyclic) bond motifs is 1. The van der Waals surface area contributed by atoms with E-state index in [0.29, 0.717) is 34.5 Å². The normalized spacial score (nSPS) is 16.1. The van der Waals surface area contributed by atoms with Gasteiger partial charge in [0.15, 0.2) is 0 Å². The van der Waals surface area contributed by atoms with Crippen LogP contribution in [0.1, 0.15) is 27.9 Å². The first-order valence-corrected chi connectivity index (χ1v) is 13.3. The van der Waals surface area contributed by atoms with Gasteiger partial charge in [-0.1, -0.05) is 36.4 Å². The number of nitrogens with zero attached hydrogens (tertiary/aromatic N) is 2. The molecule has 1 fully saturated rings. The van der Waals surface area contributed by atoms with Crippen molar-refractivity contribution < 1.29 is 19.1 Å². The Morgan fingerprint density at radius 2 is 1.70 bits per heavy atom. The molecule has 206 valence electrons. The summed E-state index contributed by atoms with van der Waals surface area (Å²) in [5.41, 5.74) is 5.11. The molecule has 0 unspecified atom stereocenters. The predicted octanol–water partition coefficient (Wildman–Crippen LogP) is 3.66. The van der Waals surface area contributed by atoms with Crippen LogP contribution in [-0.2, 0) is 14.3 Å². The molecule has 2 amide bonds. The molecule has 3 aromatic carbocycles. The molecule has 1 saturated heterocycles. The number of hydrogen-bond acceptors (Lipinski definition) is 7. The predicted molar refractivity (Wildman–Crippen MR) is 157 cm³/mol. The summed E-state index contributed by atoms with van der Waals surface area (Å²) >= 11 is 0. The Morgan fingerprint density at radius 3 is 2.40 bits per heavy atom. The number of anilines is 3. The van der Waals surface area contributed by atoms with Crippen molar-refractivity contribution in [3.8, 4) is 0 Å². The lowest BCUT2D eigenvalue weighted by molar-refractivity contribution is -0.118. The zero-order valence-corrected chi connectivity index (χ0v) is 22.7. The van der Waals surface area contributed by atoms with Crippen LogP contribution in [0.2, 0.25) is 0 Å². The number of piperazine rings is 1. The van der Waals surface area contributed by atoms with E-state index in [0.717, 1.165) is 49.7 Å². The highest BCUT2D eigenvalue weighted by Crippen LogP contribution is 2.38. The highest BCUT2D eigenvalue weighted by atomic mass is 16.5. The highest BCUT2D eigenvalue weighted by molar-refractivity contribution is 6.37. The van der Waals surface area contributed by atoms with Crippen LogP contribution in [0.4, 0.5) is 17.1 Å². The third-order valence-corrected chi connectivity index (χ3v) is 7.25. The molecule has 5 rings (SSSR count). The van der Waals surface area contributed by atoms with E-state index in [1.165, 1.54) is 7.11 Å². The molecular formula is C31H33N5O4. The van der Waals surface area contributed by atoms with Crippen molar-refractivity contribution in [1.82, 2.24) is 10.2 Å². The first-order chi connectivity index (χ1) is 19.4. The topological polar surface area (TPSA) is 103 Å². The Bertz CT molecular complexity index is 1430. The lowest BCUT2D eigenvalue weighted by Crippen LogP contribution is -2.44. The smallest absolute Gasteiger partial charge is 0.337 e. The Morgan fingerprint density at radius 1 is 0.975 bits per heavy atom. The Balaban J connectivity index is 1.38. The maximum Gasteiger partial charge on any atom is 0.337 e. The average molecular weight is 540 g/mol.